The van der Waals surface area contributed by atoms with Crippen molar-refractivity contribution in [2.24, 2.45) is 0 Å². The van der Waals surface area contributed by atoms with E-state index < -0.39 is 5.41 Å². The first-order valence-corrected chi connectivity index (χ1v) is 19.0. The molecular weight excluding hydrogens is 683 g/mol. The van der Waals surface area contributed by atoms with Gasteiger partial charge in [0.05, 0.1) is 5.41 Å². The summed E-state index contributed by atoms with van der Waals surface area (Å²) >= 11 is 0. The first kappa shape index (κ1) is 31.0. The third-order valence-electron chi connectivity index (χ3n) is 11.8. The number of hydrogen-bond donors (Lipinski definition) is 0. The number of aromatic nitrogens is 3. The molecule has 0 atom stereocenters. The molecule has 0 radical (unpaired) electrons. The van der Waals surface area contributed by atoms with Crippen LogP contribution in [-0.2, 0) is 5.41 Å². The van der Waals surface area contributed by atoms with E-state index in [1.54, 1.807) is 0 Å². The lowest BCUT2D eigenvalue weighted by Crippen LogP contribution is -2.29. The monoisotopic (exact) mass is 713 g/mol. The van der Waals surface area contributed by atoms with Gasteiger partial charge in [0.2, 0.25) is 0 Å². The second kappa shape index (κ2) is 11.8. The Hall–Kier alpha value is -7.43. The normalized spacial score (nSPS) is 13.1. The second-order valence-electron chi connectivity index (χ2n) is 14.7. The van der Waals surface area contributed by atoms with Crippen LogP contribution in [0.1, 0.15) is 22.3 Å². The largest absolute Gasteiger partial charge is 0.456 e. The minimum atomic E-state index is -0.544. The van der Waals surface area contributed by atoms with Crippen molar-refractivity contribution in [2.45, 2.75) is 5.41 Å². The Balaban J connectivity index is 1.13. The molecule has 8 aromatic carbocycles. The zero-order valence-electron chi connectivity index (χ0n) is 30.1. The van der Waals surface area contributed by atoms with Crippen molar-refractivity contribution in [1.82, 2.24) is 15.0 Å². The van der Waals surface area contributed by atoms with Gasteiger partial charge in [-0.25, -0.2) is 15.0 Å². The Labute approximate surface area is 323 Å². The highest BCUT2D eigenvalue weighted by molar-refractivity contribution is 6.06. The molecule has 0 saturated heterocycles. The Bertz CT molecular complexity index is 3170. The standard InChI is InChI=1S/C52H31N3O/c1-2-14-32(15-3-1)49-53-50(55-51(54-49)34-26-28-41-40-21-9-13-25-47(40)56-48(41)31-34)33-27-29-46-42(30-33)36-17-5-4-16-35(36)37-18-6-10-22-43(37)52(46)44-23-11-7-19-38(44)39-20-8-12-24-45(39)52/h1-31H. The lowest BCUT2D eigenvalue weighted by atomic mass is 9.66. The molecule has 4 heteroatoms. The van der Waals surface area contributed by atoms with Crippen LogP contribution < -0.4 is 0 Å². The van der Waals surface area contributed by atoms with Crippen molar-refractivity contribution in [1.29, 1.82) is 0 Å². The number of benzene rings is 8. The van der Waals surface area contributed by atoms with Crippen LogP contribution in [0.5, 0.6) is 0 Å². The maximum Gasteiger partial charge on any atom is 0.164 e. The summed E-state index contributed by atoms with van der Waals surface area (Å²) in [4.78, 5) is 15.5. The van der Waals surface area contributed by atoms with Crippen molar-refractivity contribution in [3.63, 3.8) is 0 Å². The maximum absolute atomic E-state index is 6.30. The van der Waals surface area contributed by atoms with Crippen LogP contribution in [0.2, 0.25) is 0 Å². The molecular formula is C52H31N3O. The van der Waals surface area contributed by atoms with E-state index in [2.05, 4.69) is 146 Å². The Morgan fingerprint density at radius 1 is 0.304 bits per heavy atom. The molecule has 2 heterocycles. The van der Waals surface area contributed by atoms with E-state index >= 15 is 0 Å². The quantitative estimate of drug-likeness (QED) is 0.183. The van der Waals surface area contributed by atoms with Gasteiger partial charge in [-0.2, -0.15) is 0 Å². The highest BCUT2D eigenvalue weighted by atomic mass is 16.3. The van der Waals surface area contributed by atoms with Gasteiger partial charge in [-0.05, 0) is 79.9 Å². The average molecular weight is 714 g/mol. The molecule has 56 heavy (non-hydrogen) atoms. The van der Waals surface area contributed by atoms with Gasteiger partial charge in [0.25, 0.3) is 0 Å². The van der Waals surface area contributed by atoms with Gasteiger partial charge < -0.3 is 4.42 Å². The number of nitrogens with zero attached hydrogens (tertiary/aromatic N) is 3. The Kier molecular flexibility index (Phi) is 6.52. The van der Waals surface area contributed by atoms with Gasteiger partial charge in [-0.1, -0.05) is 164 Å². The first-order chi connectivity index (χ1) is 27.8. The van der Waals surface area contributed by atoms with Crippen molar-refractivity contribution in [3.8, 4) is 67.5 Å². The molecule has 0 saturated carbocycles. The summed E-state index contributed by atoms with van der Waals surface area (Å²) in [5, 5.41) is 2.16. The molecule has 2 aliphatic rings. The fourth-order valence-electron chi connectivity index (χ4n) is 9.41. The predicted octanol–water partition coefficient (Wildman–Crippen LogP) is 12.8. The van der Waals surface area contributed by atoms with E-state index in [0.29, 0.717) is 17.5 Å². The van der Waals surface area contributed by atoms with Gasteiger partial charge >= 0.3 is 0 Å². The fourth-order valence-corrected chi connectivity index (χ4v) is 9.41. The number of furan rings is 1. The van der Waals surface area contributed by atoms with Crippen molar-refractivity contribution < 1.29 is 4.42 Å². The summed E-state index contributed by atoms with van der Waals surface area (Å²) in [5.41, 5.74) is 16.3. The van der Waals surface area contributed by atoms with Crippen molar-refractivity contribution in [2.75, 3.05) is 0 Å². The molecule has 0 fully saturated rings. The van der Waals surface area contributed by atoms with Crippen LogP contribution in [0, 0.1) is 0 Å². The molecule has 0 bridgehead atoms. The minimum Gasteiger partial charge on any atom is -0.456 e. The molecule has 0 aliphatic heterocycles. The summed E-state index contributed by atoms with van der Waals surface area (Å²) in [5.74, 6) is 1.82. The van der Waals surface area contributed by atoms with E-state index in [9.17, 15) is 0 Å². The first-order valence-electron chi connectivity index (χ1n) is 19.0. The molecule has 12 rings (SSSR count). The Morgan fingerprint density at radius 3 is 1.41 bits per heavy atom. The molecule has 0 unspecified atom stereocenters. The smallest absolute Gasteiger partial charge is 0.164 e. The van der Waals surface area contributed by atoms with E-state index in [-0.39, 0.29) is 0 Å². The third kappa shape index (κ3) is 4.32. The summed E-state index contributed by atoms with van der Waals surface area (Å²) in [6.07, 6.45) is 0. The van der Waals surface area contributed by atoms with Gasteiger partial charge in [0, 0.05) is 27.5 Å². The molecule has 260 valence electrons. The van der Waals surface area contributed by atoms with Crippen LogP contribution in [0.4, 0.5) is 0 Å². The molecule has 10 aromatic rings. The van der Waals surface area contributed by atoms with Crippen LogP contribution in [0.15, 0.2) is 192 Å². The SMILES string of the molecule is c1ccc(-c2nc(-c3ccc4c(c3)-c3ccccc3-c3ccccc3C43c4ccccc4-c4ccccc43)nc(-c3ccc4c(c3)oc3ccccc34)n2)cc1. The lowest BCUT2D eigenvalue weighted by molar-refractivity contribution is 0.669. The summed E-state index contributed by atoms with van der Waals surface area (Å²) in [6.45, 7) is 0. The highest BCUT2D eigenvalue weighted by Gasteiger charge is 2.49. The van der Waals surface area contributed by atoms with Crippen molar-refractivity contribution in [3.05, 3.63) is 210 Å². The van der Waals surface area contributed by atoms with Gasteiger partial charge in [-0.15, -0.1) is 0 Å². The zero-order valence-corrected chi connectivity index (χ0v) is 30.1. The summed E-state index contributed by atoms with van der Waals surface area (Å²) in [6, 6.07) is 67.0. The number of rotatable bonds is 3. The second-order valence-corrected chi connectivity index (χ2v) is 14.7. The molecule has 0 amide bonds. The molecule has 1 spiro atoms. The molecule has 4 nitrogen and oxygen atoms in total. The highest BCUT2D eigenvalue weighted by Crippen LogP contribution is 2.61. The van der Waals surface area contributed by atoms with E-state index in [4.69, 9.17) is 19.4 Å². The van der Waals surface area contributed by atoms with Crippen LogP contribution >= 0.6 is 0 Å². The molecule has 0 N–H and O–H groups in total. The van der Waals surface area contributed by atoms with Crippen molar-refractivity contribution >= 4 is 21.9 Å². The third-order valence-corrected chi connectivity index (χ3v) is 11.8. The number of fused-ring (bicyclic) bond motifs is 15. The van der Waals surface area contributed by atoms with Gasteiger partial charge in [0.1, 0.15) is 11.2 Å². The predicted molar refractivity (Wildman–Crippen MR) is 225 cm³/mol. The average Bonchev–Trinajstić information content (AvgIpc) is 3.76. The fraction of sp³-hybridized carbons (Fsp3) is 0.0192. The topological polar surface area (TPSA) is 51.8 Å². The Morgan fingerprint density at radius 2 is 0.750 bits per heavy atom. The number of para-hydroxylation sites is 1. The zero-order chi connectivity index (χ0) is 36.8. The summed E-state index contributed by atoms with van der Waals surface area (Å²) < 4.78 is 6.30. The summed E-state index contributed by atoms with van der Waals surface area (Å²) in [7, 11) is 0. The van der Waals surface area contributed by atoms with E-state index in [1.807, 2.05) is 42.5 Å². The van der Waals surface area contributed by atoms with E-state index in [0.717, 1.165) is 44.2 Å². The molecule has 2 aliphatic carbocycles. The van der Waals surface area contributed by atoms with Crippen LogP contribution in [-0.4, -0.2) is 15.0 Å². The van der Waals surface area contributed by atoms with Crippen LogP contribution in [0.3, 0.4) is 0 Å². The van der Waals surface area contributed by atoms with E-state index in [1.165, 1.54) is 50.1 Å². The van der Waals surface area contributed by atoms with Gasteiger partial charge in [0.15, 0.2) is 17.5 Å². The number of hydrogen-bond acceptors (Lipinski definition) is 4. The van der Waals surface area contributed by atoms with Crippen LogP contribution in [0.25, 0.3) is 89.5 Å². The minimum absolute atomic E-state index is 0.544. The lowest BCUT2D eigenvalue weighted by Gasteiger charge is -2.35. The molecule has 2 aromatic heterocycles. The maximum atomic E-state index is 6.30. The van der Waals surface area contributed by atoms with Gasteiger partial charge in [-0.3, -0.25) is 0 Å².